The van der Waals surface area contributed by atoms with E-state index in [1.54, 1.807) is 30.9 Å². The van der Waals surface area contributed by atoms with Crippen molar-refractivity contribution >= 4 is 17.9 Å². The topological polar surface area (TPSA) is 114 Å². The predicted molar refractivity (Wildman–Crippen MR) is 84.1 cm³/mol. The lowest BCUT2D eigenvalue weighted by Crippen LogP contribution is -2.09. The number of carboxylic acid groups (broad SMARTS) is 1. The third-order valence-corrected chi connectivity index (χ3v) is 2.80. The molecule has 0 aliphatic carbocycles. The molecule has 7 nitrogen and oxygen atoms in total. The summed E-state index contributed by atoms with van der Waals surface area (Å²) in [6.45, 7) is 1.34. The van der Waals surface area contributed by atoms with Gasteiger partial charge in [-0.3, -0.25) is 9.97 Å². The van der Waals surface area contributed by atoms with Gasteiger partial charge in [0.05, 0.1) is 18.1 Å². The Balaban J connectivity index is 2.19. The molecule has 0 saturated carbocycles. The SMILES string of the molecule is NCCCNc1cncc(-c2cncc(C=CC(=O)O)c2)n1. The van der Waals surface area contributed by atoms with Crippen molar-refractivity contribution in [1.82, 2.24) is 15.0 Å². The first kappa shape index (κ1) is 15.6. The van der Waals surface area contributed by atoms with Crippen molar-refractivity contribution in [3.63, 3.8) is 0 Å². The number of nitrogens with one attached hydrogen (secondary N) is 1. The Morgan fingerprint density at radius 1 is 1.27 bits per heavy atom. The Hall–Kier alpha value is -2.80. The molecule has 2 aromatic heterocycles. The highest BCUT2D eigenvalue weighted by Gasteiger charge is 2.03. The van der Waals surface area contributed by atoms with Crippen LogP contribution in [-0.4, -0.2) is 39.1 Å². The fourth-order valence-electron chi connectivity index (χ4n) is 1.77. The fraction of sp³-hybridized carbons (Fsp3) is 0.200. The van der Waals surface area contributed by atoms with Gasteiger partial charge in [-0.15, -0.1) is 0 Å². The molecule has 2 heterocycles. The van der Waals surface area contributed by atoms with Crippen molar-refractivity contribution in [2.45, 2.75) is 6.42 Å². The van der Waals surface area contributed by atoms with E-state index in [-0.39, 0.29) is 0 Å². The summed E-state index contributed by atoms with van der Waals surface area (Å²) in [5, 5.41) is 11.8. The van der Waals surface area contributed by atoms with Crippen LogP contribution in [0.3, 0.4) is 0 Å². The summed E-state index contributed by atoms with van der Waals surface area (Å²) < 4.78 is 0. The lowest BCUT2D eigenvalue weighted by Gasteiger charge is -2.06. The molecule has 0 bridgehead atoms. The van der Waals surface area contributed by atoms with E-state index in [9.17, 15) is 4.79 Å². The molecule has 0 unspecified atom stereocenters. The second-order valence-corrected chi connectivity index (χ2v) is 4.54. The summed E-state index contributed by atoms with van der Waals surface area (Å²) in [4.78, 5) is 23.2. The molecule has 0 aromatic carbocycles. The van der Waals surface area contributed by atoms with Gasteiger partial charge in [-0.1, -0.05) is 0 Å². The van der Waals surface area contributed by atoms with E-state index in [4.69, 9.17) is 10.8 Å². The normalized spacial score (nSPS) is 10.8. The monoisotopic (exact) mass is 299 g/mol. The zero-order valence-electron chi connectivity index (χ0n) is 11.9. The van der Waals surface area contributed by atoms with E-state index < -0.39 is 5.97 Å². The minimum atomic E-state index is -1.00. The van der Waals surface area contributed by atoms with Gasteiger partial charge in [0.1, 0.15) is 5.82 Å². The molecule has 0 radical (unpaired) electrons. The molecule has 2 aromatic rings. The molecule has 0 spiro atoms. The smallest absolute Gasteiger partial charge is 0.328 e. The maximum atomic E-state index is 10.6. The summed E-state index contributed by atoms with van der Waals surface area (Å²) in [5.74, 6) is -0.339. The van der Waals surface area contributed by atoms with Gasteiger partial charge in [-0.05, 0) is 30.7 Å². The fourth-order valence-corrected chi connectivity index (χ4v) is 1.77. The van der Waals surface area contributed by atoms with Gasteiger partial charge in [-0.25, -0.2) is 9.78 Å². The van der Waals surface area contributed by atoms with Crippen LogP contribution in [-0.2, 0) is 4.79 Å². The number of carboxylic acids is 1. The Morgan fingerprint density at radius 3 is 2.86 bits per heavy atom. The summed E-state index contributed by atoms with van der Waals surface area (Å²) in [7, 11) is 0. The molecule has 4 N–H and O–H groups in total. The Morgan fingerprint density at radius 2 is 2.09 bits per heavy atom. The first-order valence-electron chi connectivity index (χ1n) is 6.81. The van der Waals surface area contributed by atoms with Crippen LogP contribution >= 0.6 is 0 Å². The molecular formula is C15H17N5O2. The Kier molecular flexibility index (Phi) is 5.56. The lowest BCUT2D eigenvalue weighted by molar-refractivity contribution is -0.131. The molecule has 114 valence electrons. The molecule has 0 fully saturated rings. The van der Waals surface area contributed by atoms with E-state index in [0.717, 1.165) is 24.6 Å². The number of aromatic nitrogens is 3. The van der Waals surface area contributed by atoms with Crippen LogP contribution in [0, 0.1) is 0 Å². The van der Waals surface area contributed by atoms with E-state index in [0.29, 0.717) is 23.6 Å². The van der Waals surface area contributed by atoms with Crippen molar-refractivity contribution in [2.75, 3.05) is 18.4 Å². The largest absolute Gasteiger partial charge is 0.478 e. The lowest BCUT2D eigenvalue weighted by atomic mass is 10.1. The van der Waals surface area contributed by atoms with Gasteiger partial charge < -0.3 is 16.2 Å². The van der Waals surface area contributed by atoms with Gasteiger partial charge in [0.2, 0.25) is 0 Å². The molecule has 2 rings (SSSR count). The first-order valence-corrected chi connectivity index (χ1v) is 6.81. The zero-order valence-corrected chi connectivity index (χ0v) is 11.9. The molecule has 0 amide bonds. The number of aliphatic carboxylic acids is 1. The number of hydrogen-bond donors (Lipinski definition) is 3. The molecule has 0 saturated heterocycles. The van der Waals surface area contributed by atoms with Gasteiger partial charge in [0.15, 0.2) is 0 Å². The second kappa shape index (κ2) is 7.84. The first-order chi connectivity index (χ1) is 10.7. The van der Waals surface area contributed by atoms with Crippen LogP contribution in [0.1, 0.15) is 12.0 Å². The number of pyridine rings is 1. The van der Waals surface area contributed by atoms with Crippen LogP contribution in [0.25, 0.3) is 17.3 Å². The number of carbonyl (C=O) groups is 1. The molecule has 7 heteroatoms. The summed E-state index contributed by atoms with van der Waals surface area (Å²) in [6.07, 6.45) is 9.92. The van der Waals surface area contributed by atoms with E-state index in [1.807, 2.05) is 0 Å². The van der Waals surface area contributed by atoms with Crippen molar-refractivity contribution < 1.29 is 9.90 Å². The van der Waals surface area contributed by atoms with Crippen LogP contribution < -0.4 is 11.1 Å². The highest BCUT2D eigenvalue weighted by molar-refractivity contribution is 5.85. The van der Waals surface area contributed by atoms with E-state index >= 15 is 0 Å². The number of anilines is 1. The number of hydrogen-bond acceptors (Lipinski definition) is 6. The highest BCUT2D eigenvalue weighted by Crippen LogP contribution is 2.18. The Bertz CT molecular complexity index is 672. The molecule has 0 aliphatic heterocycles. The van der Waals surface area contributed by atoms with Crippen LogP contribution in [0.2, 0.25) is 0 Å². The van der Waals surface area contributed by atoms with Gasteiger partial charge in [0, 0.05) is 30.6 Å². The third-order valence-electron chi connectivity index (χ3n) is 2.80. The van der Waals surface area contributed by atoms with Gasteiger partial charge >= 0.3 is 5.97 Å². The van der Waals surface area contributed by atoms with Crippen LogP contribution in [0.5, 0.6) is 0 Å². The predicted octanol–water partition coefficient (Wildman–Crippen LogP) is 1.40. The maximum absolute atomic E-state index is 10.6. The van der Waals surface area contributed by atoms with Gasteiger partial charge in [-0.2, -0.15) is 0 Å². The van der Waals surface area contributed by atoms with E-state index in [2.05, 4.69) is 20.3 Å². The maximum Gasteiger partial charge on any atom is 0.328 e. The number of rotatable bonds is 7. The summed E-state index contributed by atoms with van der Waals surface area (Å²) in [5.41, 5.74) is 7.56. The van der Waals surface area contributed by atoms with Gasteiger partial charge in [0.25, 0.3) is 0 Å². The Labute approximate surface area is 127 Å². The number of nitrogens with zero attached hydrogens (tertiary/aromatic N) is 3. The minimum absolute atomic E-state index is 0.613. The van der Waals surface area contributed by atoms with E-state index in [1.165, 1.54) is 6.08 Å². The van der Waals surface area contributed by atoms with Crippen molar-refractivity contribution in [1.29, 1.82) is 0 Å². The quantitative estimate of drug-likeness (QED) is 0.523. The third kappa shape index (κ3) is 4.64. The van der Waals surface area contributed by atoms with Crippen molar-refractivity contribution in [3.8, 4) is 11.3 Å². The van der Waals surface area contributed by atoms with Crippen molar-refractivity contribution in [2.24, 2.45) is 5.73 Å². The number of nitrogens with two attached hydrogens (primary N) is 1. The van der Waals surface area contributed by atoms with Crippen molar-refractivity contribution in [3.05, 3.63) is 42.5 Å². The molecule has 22 heavy (non-hydrogen) atoms. The molecule has 0 aliphatic rings. The molecular weight excluding hydrogens is 282 g/mol. The average molecular weight is 299 g/mol. The van der Waals surface area contributed by atoms with Crippen LogP contribution in [0.15, 0.2) is 36.9 Å². The summed E-state index contributed by atoms with van der Waals surface area (Å²) in [6, 6.07) is 1.81. The van der Waals surface area contributed by atoms with Crippen LogP contribution in [0.4, 0.5) is 5.82 Å². The second-order valence-electron chi connectivity index (χ2n) is 4.54. The summed E-state index contributed by atoms with van der Waals surface area (Å²) >= 11 is 0. The standard InChI is InChI=1S/C15H17N5O2/c16-4-1-5-19-14-10-18-9-13(20-14)12-6-11(7-17-8-12)2-3-15(21)22/h2-3,6-10H,1,4-5,16H2,(H,19,20)(H,21,22). The molecule has 0 atom stereocenters. The average Bonchev–Trinajstić information content (AvgIpc) is 2.54. The highest BCUT2D eigenvalue weighted by atomic mass is 16.4. The minimum Gasteiger partial charge on any atom is -0.478 e. The zero-order chi connectivity index (χ0) is 15.8.